The summed E-state index contributed by atoms with van der Waals surface area (Å²) in [5.41, 5.74) is -0.735. The van der Waals surface area contributed by atoms with Crippen LogP contribution in [0.1, 0.15) is 24.2 Å². The van der Waals surface area contributed by atoms with E-state index in [1.807, 2.05) is 0 Å². The molecule has 2 unspecified atom stereocenters. The second-order valence-corrected chi connectivity index (χ2v) is 4.25. The van der Waals surface area contributed by atoms with Gasteiger partial charge in [0.25, 0.3) is 0 Å². The lowest BCUT2D eigenvalue weighted by Crippen LogP contribution is -2.26. The van der Waals surface area contributed by atoms with Gasteiger partial charge in [0.2, 0.25) is 0 Å². The largest absolute Gasteiger partial charge is 0.497 e. The summed E-state index contributed by atoms with van der Waals surface area (Å²) in [6.07, 6.45) is 0. The monoisotopic (exact) mass is 272 g/mol. The third-order valence-electron chi connectivity index (χ3n) is 3.05. The summed E-state index contributed by atoms with van der Waals surface area (Å²) in [6, 6.07) is 1.77. The minimum Gasteiger partial charge on any atom is -0.497 e. The Bertz CT molecular complexity index is 490. The maximum atomic E-state index is 13.7. The molecule has 0 bridgehead atoms. The number of carboxylic acid groups (broad SMARTS) is 1. The third kappa shape index (κ3) is 3.07. The van der Waals surface area contributed by atoms with Crippen LogP contribution in [-0.4, -0.2) is 24.0 Å². The van der Waals surface area contributed by atoms with Crippen molar-refractivity contribution in [3.8, 4) is 5.75 Å². The van der Waals surface area contributed by atoms with Gasteiger partial charge in [0, 0.05) is 18.1 Å². The van der Waals surface area contributed by atoms with Gasteiger partial charge in [-0.2, -0.15) is 0 Å². The first-order valence-electron chi connectivity index (χ1n) is 5.59. The normalized spacial score (nSPS) is 13.7. The van der Waals surface area contributed by atoms with E-state index in [-0.39, 0.29) is 5.75 Å². The van der Waals surface area contributed by atoms with Crippen LogP contribution in [-0.2, 0) is 4.79 Å². The summed E-state index contributed by atoms with van der Waals surface area (Å²) in [5, 5.41) is 8.81. The van der Waals surface area contributed by atoms with Crippen molar-refractivity contribution in [1.82, 2.24) is 0 Å². The van der Waals surface area contributed by atoms with Crippen molar-refractivity contribution in [2.45, 2.75) is 13.8 Å². The fraction of sp³-hybridized carbons (Fsp3) is 0.385. The van der Waals surface area contributed by atoms with Gasteiger partial charge in [-0.15, -0.1) is 0 Å². The quantitative estimate of drug-likeness (QED) is 0.836. The number of halogens is 2. The van der Waals surface area contributed by atoms with Gasteiger partial charge in [0.15, 0.2) is 5.78 Å². The van der Waals surface area contributed by atoms with Crippen LogP contribution in [0.25, 0.3) is 0 Å². The first-order valence-corrected chi connectivity index (χ1v) is 5.59. The lowest BCUT2D eigenvalue weighted by atomic mass is 9.88. The minimum atomic E-state index is -1.20. The van der Waals surface area contributed by atoms with Crippen molar-refractivity contribution in [3.63, 3.8) is 0 Å². The highest BCUT2D eigenvalue weighted by molar-refractivity contribution is 6.00. The Morgan fingerprint density at radius 2 is 1.63 bits per heavy atom. The zero-order chi connectivity index (χ0) is 14.7. The highest BCUT2D eigenvalue weighted by Gasteiger charge is 2.30. The fourth-order valence-corrected chi connectivity index (χ4v) is 1.57. The van der Waals surface area contributed by atoms with Crippen LogP contribution < -0.4 is 4.74 Å². The van der Waals surface area contributed by atoms with E-state index in [9.17, 15) is 18.4 Å². The number of hydrogen-bond acceptors (Lipinski definition) is 3. The molecule has 104 valence electrons. The average molecular weight is 272 g/mol. The zero-order valence-electron chi connectivity index (χ0n) is 10.7. The van der Waals surface area contributed by atoms with E-state index >= 15 is 0 Å². The minimum absolute atomic E-state index is 0.0505. The second kappa shape index (κ2) is 5.77. The Kier molecular flexibility index (Phi) is 4.58. The lowest BCUT2D eigenvalue weighted by Gasteiger charge is -2.16. The van der Waals surface area contributed by atoms with Crippen molar-refractivity contribution >= 4 is 11.8 Å². The van der Waals surface area contributed by atoms with E-state index in [1.54, 1.807) is 0 Å². The van der Waals surface area contributed by atoms with Gasteiger partial charge in [0.1, 0.15) is 17.4 Å². The van der Waals surface area contributed by atoms with Gasteiger partial charge in [-0.3, -0.25) is 9.59 Å². The van der Waals surface area contributed by atoms with Gasteiger partial charge in [-0.05, 0) is 0 Å². The molecule has 1 N–H and O–H groups in total. The molecular weight excluding hydrogens is 258 g/mol. The summed E-state index contributed by atoms with van der Waals surface area (Å²) in [7, 11) is 1.24. The van der Waals surface area contributed by atoms with Crippen LogP contribution in [0, 0.1) is 23.5 Å². The number of carbonyl (C=O) groups is 2. The number of ketones is 1. The third-order valence-corrected chi connectivity index (χ3v) is 3.05. The van der Waals surface area contributed by atoms with Crippen molar-refractivity contribution in [2.24, 2.45) is 11.8 Å². The smallest absolute Gasteiger partial charge is 0.306 e. The number of rotatable bonds is 5. The molecule has 0 fully saturated rings. The number of ether oxygens (including phenoxy) is 1. The molecule has 1 rings (SSSR count). The summed E-state index contributed by atoms with van der Waals surface area (Å²) in [4.78, 5) is 22.7. The van der Waals surface area contributed by atoms with E-state index in [2.05, 4.69) is 4.74 Å². The molecule has 0 aliphatic heterocycles. The Labute approximate surface area is 109 Å². The van der Waals surface area contributed by atoms with Crippen molar-refractivity contribution in [1.29, 1.82) is 0 Å². The van der Waals surface area contributed by atoms with E-state index in [1.165, 1.54) is 21.0 Å². The second-order valence-electron chi connectivity index (χ2n) is 4.25. The number of carboxylic acids is 1. The molecule has 0 aliphatic rings. The molecule has 6 heteroatoms. The highest BCUT2D eigenvalue weighted by Crippen LogP contribution is 2.25. The SMILES string of the molecule is COc1cc(F)c(C(=O)C(C)C(C)C(=O)O)c(F)c1. The Morgan fingerprint density at radius 1 is 1.16 bits per heavy atom. The lowest BCUT2D eigenvalue weighted by molar-refractivity contribution is -0.142. The molecule has 0 aromatic heterocycles. The molecule has 0 saturated heterocycles. The first kappa shape index (κ1) is 15.1. The fourth-order valence-electron chi connectivity index (χ4n) is 1.57. The number of carbonyl (C=O) groups excluding carboxylic acids is 1. The van der Waals surface area contributed by atoms with Gasteiger partial charge in [-0.1, -0.05) is 13.8 Å². The molecule has 0 radical (unpaired) electrons. The molecule has 1 aromatic carbocycles. The number of aliphatic carboxylic acids is 1. The maximum absolute atomic E-state index is 13.7. The maximum Gasteiger partial charge on any atom is 0.306 e. The number of methoxy groups -OCH3 is 1. The molecule has 0 heterocycles. The highest BCUT2D eigenvalue weighted by atomic mass is 19.1. The van der Waals surface area contributed by atoms with E-state index in [0.717, 1.165) is 12.1 Å². The summed E-state index contributed by atoms with van der Waals surface area (Å²) in [6.45, 7) is 2.63. The van der Waals surface area contributed by atoms with Crippen LogP contribution >= 0.6 is 0 Å². The molecule has 0 spiro atoms. The standard InChI is InChI=1S/C13H14F2O4/c1-6(7(2)13(17)18)12(16)11-9(14)4-8(19-3)5-10(11)15/h4-7H,1-3H3,(H,17,18). The zero-order valence-corrected chi connectivity index (χ0v) is 10.7. The van der Waals surface area contributed by atoms with Gasteiger partial charge >= 0.3 is 5.97 Å². The Balaban J connectivity index is 3.17. The van der Waals surface area contributed by atoms with Gasteiger partial charge in [-0.25, -0.2) is 8.78 Å². The molecule has 2 atom stereocenters. The number of benzene rings is 1. The predicted molar refractivity (Wildman–Crippen MR) is 63.2 cm³/mol. The molecular formula is C13H14F2O4. The van der Waals surface area contributed by atoms with Crippen LogP contribution in [0.15, 0.2) is 12.1 Å². The average Bonchev–Trinajstić information content (AvgIpc) is 2.35. The van der Waals surface area contributed by atoms with E-state index in [0.29, 0.717) is 0 Å². The molecule has 0 saturated carbocycles. The van der Waals surface area contributed by atoms with Crippen LogP contribution in [0.3, 0.4) is 0 Å². The molecule has 4 nitrogen and oxygen atoms in total. The molecule has 19 heavy (non-hydrogen) atoms. The van der Waals surface area contributed by atoms with Crippen LogP contribution in [0.2, 0.25) is 0 Å². The summed E-state index contributed by atoms with van der Waals surface area (Å²) >= 11 is 0. The van der Waals surface area contributed by atoms with E-state index < -0.39 is 40.8 Å². The molecule has 0 aliphatic carbocycles. The van der Waals surface area contributed by atoms with Crippen molar-refractivity contribution in [2.75, 3.05) is 7.11 Å². The number of Topliss-reactive ketones (excluding diaryl/α,β-unsaturated/α-hetero) is 1. The van der Waals surface area contributed by atoms with Gasteiger partial charge < -0.3 is 9.84 Å². The molecule has 0 amide bonds. The number of hydrogen-bond donors (Lipinski definition) is 1. The van der Waals surface area contributed by atoms with Crippen LogP contribution in [0.4, 0.5) is 8.78 Å². The van der Waals surface area contributed by atoms with Crippen molar-refractivity contribution in [3.05, 3.63) is 29.3 Å². The van der Waals surface area contributed by atoms with Gasteiger partial charge in [0.05, 0.1) is 18.6 Å². The summed E-state index contributed by atoms with van der Waals surface area (Å²) in [5.74, 6) is -6.32. The van der Waals surface area contributed by atoms with E-state index in [4.69, 9.17) is 5.11 Å². The topological polar surface area (TPSA) is 63.6 Å². The Hall–Kier alpha value is -1.98. The summed E-state index contributed by atoms with van der Waals surface area (Å²) < 4.78 is 32.0. The predicted octanol–water partition coefficient (Wildman–Crippen LogP) is 2.51. The van der Waals surface area contributed by atoms with Crippen LogP contribution in [0.5, 0.6) is 5.75 Å². The van der Waals surface area contributed by atoms with Crippen molar-refractivity contribution < 1.29 is 28.2 Å². The Morgan fingerprint density at radius 3 is 2.00 bits per heavy atom. The first-order chi connectivity index (χ1) is 8.79. The molecule has 1 aromatic rings.